The van der Waals surface area contributed by atoms with Gasteiger partial charge in [-0.2, -0.15) is 4.37 Å². The zero-order valence-electron chi connectivity index (χ0n) is 9.62. The van der Waals surface area contributed by atoms with Crippen LogP contribution in [0.2, 0.25) is 0 Å². The molecule has 0 unspecified atom stereocenters. The van der Waals surface area contributed by atoms with E-state index < -0.39 is 6.10 Å². The third-order valence-corrected chi connectivity index (χ3v) is 3.94. The van der Waals surface area contributed by atoms with Crippen LogP contribution >= 0.6 is 23.3 Å². The van der Waals surface area contributed by atoms with Crippen LogP contribution in [0, 0.1) is 0 Å². The summed E-state index contributed by atoms with van der Waals surface area (Å²) in [6, 6.07) is 3.77. The lowest BCUT2D eigenvalue weighted by Crippen LogP contribution is -1.92. The molecule has 0 bridgehead atoms. The molecule has 0 amide bonds. The van der Waals surface area contributed by atoms with E-state index >= 15 is 0 Å². The van der Waals surface area contributed by atoms with E-state index in [2.05, 4.69) is 14.3 Å². The SMILES string of the molecule is CCc1nsc(Sc2ccc([C@H](C)O)cn2)n1. The monoisotopic (exact) mass is 267 g/mol. The molecule has 2 aromatic rings. The lowest BCUT2D eigenvalue weighted by atomic mass is 10.2. The summed E-state index contributed by atoms with van der Waals surface area (Å²) in [6.07, 6.45) is 2.06. The van der Waals surface area contributed by atoms with Gasteiger partial charge in [0.1, 0.15) is 10.9 Å². The molecular weight excluding hydrogens is 254 g/mol. The van der Waals surface area contributed by atoms with E-state index in [0.717, 1.165) is 27.2 Å². The van der Waals surface area contributed by atoms with Gasteiger partial charge in [0, 0.05) is 12.6 Å². The van der Waals surface area contributed by atoms with Crippen molar-refractivity contribution in [3.8, 4) is 0 Å². The first-order chi connectivity index (χ1) is 8.19. The van der Waals surface area contributed by atoms with Crippen LogP contribution in [-0.4, -0.2) is 19.4 Å². The van der Waals surface area contributed by atoms with E-state index in [9.17, 15) is 5.11 Å². The maximum Gasteiger partial charge on any atom is 0.176 e. The van der Waals surface area contributed by atoms with Crippen LogP contribution in [0.5, 0.6) is 0 Å². The molecule has 0 saturated heterocycles. The molecule has 2 heterocycles. The minimum Gasteiger partial charge on any atom is -0.389 e. The predicted octanol–water partition coefficient (Wildman–Crippen LogP) is 2.70. The molecule has 0 radical (unpaired) electrons. The largest absolute Gasteiger partial charge is 0.389 e. The maximum absolute atomic E-state index is 9.37. The zero-order chi connectivity index (χ0) is 12.3. The Hall–Kier alpha value is -0.980. The second kappa shape index (κ2) is 5.57. The molecule has 0 saturated carbocycles. The molecule has 90 valence electrons. The highest BCUT2D eigenvalue weighted by Crippen LogP contribution is 2.27. The summed E-state index contributed by atoms with van der Waals surface area (Å²) < 4.78 is 5.12. The number of rotatable bonds is 4. The molecule has 0 aliphatic heterocycles. The Morgan fingerprint density at radius 2 is 2.29 bits per heavy atom. The maximum atomic E-state index is 9.37. The third-order valence-electron chi connectivity index (χ3n) is 2.20. The summed E-state index contributed by atoms with van der Waals surface area (Å²) >= 11 is 2.89. The molecule has 0 spiro atoms. The van der Waals surface area contributed by atoms with Gasteiger partial charge in [0.25, 0.3) is 0 Å². The molecule has 2 aromatic heterocycles. The summed E-state index contributed by atoms with van der Waals surface area (Å²) in [5, 5.41) is 10.2. The Labute approximate surface area is 108 Å². The van der Waals surface area contributed by atoms with E-state index in [1.807, 2.05) is 19.1 Å². The molecule has 6 heteroatoms. The molecule has 17 heavy (non-hydrogen) atoms. The zero-order valence-corrected chi connectivity index (χ0v) is 11.3. The van der Waals surface area contributed by atoms with Crippen molar-refractivity contribution in [2.24, 2.45) is 0 Å². The number of aromatic nitrogens is 3. The van der Waals surface area contributed by atoms with Gasteiger partial charge in [-0.3, -0.25) is 0 Å². The average molecular weight is 267 g/mol. The number of nitrogens with zero attached hydrogens (tertiary/aromatic N) is 3. The van der Waals surface area contributed by atoms with Crippen LogP contribution < -0.4 is 0 Å². The summed E-state index contributed by atoms with van der Waals surface area (Å²) in [5.41, 5.74) is 0.820. The van der Waals surface area contributed by atoms with Crippen molar-refractivity contribution >= 4 is 23.3 Å². The van der Waals surface area contributed by atoms with Crippen molar-refractivity contribution in [3.63, 3.8) is 0 Å². The van der Waals surface area contributed by atoms with E-state index in [0.29, 0.717) is 0 Å². The van der Waals surface area contributed by atoms with Crippen LogP contribution in [0.15, 0.2) is 27.7 Å². The van der Waals surface area contributed by atoms with Gasteiger partial charge in [-0.1, -0.05) is 13.0 Å². The molecule has 4 nitrogen and oxygen atoms in total. The van der Waals surface area contributed by atoms with E-state index in [4.69, 9.17) is 0 Å². The summed E-state index contributed by atoms with van der Waals surface area (Å²) in [7, 11) is 0. The fraction of sp³-hybridized carbons (Fsp3) is 0.364. The van der Waals surface area contributed by atoms with Crippen LogP contribution in [0.1, 0.15) is 31.3 Å². The highest BCUT2D eigenvalue weighted by Gasteiger charge is 2.06. The summed E-state index contributed by atoms with van der Waals surface area (Å²) in [5.74, 6) is 0.873. The van der Waals surface area contributed by atoms with Crippen molar-refractivity contribution in [2.45, 2.75) is 35.7 Å². The third kappa shape index (κ3) is 3.24. The van der Waals surface area contributed by atoms with E-state index in [1.54, 1.807) is 13.1 Å². The number of aliphatic hydroxyl groups is 1. The Morgan fingerprint density at radius 3 is 2.82 bits per heavy atom. The molecule has 1 N–H and O–H groups in total. The lowest BCUT2D eigenvalue weighted by molar-refractivity contribution is 0.198. The average Bonchev–Trinajstić information content (AvgIpc) is 2.77. The summed E-state index contributed by atoms with van der Waals surface area (Å²) in [6.45, 7) is 3.76. The van der Waals surface area contributed by atoms with Gasteiger partial charge in [0.15, 0.2) is 4.34 Å². The van der Waals surface area contributed by atoms with Crippen molar-refractivity contribution in [2.75, 3.05) is 0 Å². The number of hydrogen-bond donors (Lipinski definition) is 1. The van der Waals surface area contributed by atoms with Crippen molar-refractivity contribution < 1.29 is 5.11 Å². The molecule has 0 fully saturated rings. The topological polar surface area (TPSA) is 58.9 Å². The van der Waals surface area contributed by atoms with Gasteiger partial charge in [-0.05, 0) is 41.8 Å². The molecule has 0 aliphatic rings. The quantitative estimate of drug-likeness (QED) is 0.923. The Bertz CT molecular complexity index is 482. The standard InChI is InChI=1S/C11H13N3OS2/c1-3-9-13-11(17-14-9)16-10-5-4-8(6-12-10)7(2)15/h4-7,15H,3H2,1-2H3/t7-/m0/s1. The second-order valence-corrected chi connectivity index (χ2v) is 5.56. The Balaban J connectivity index is 2.08. The van der Waals surface area contributed by atoms with Gasteiger partial charge >= 0.3 is 0 Å². The molecule has 2 rings (SSSR count). The fourth-order valence-corrected chi connectivity index (χ4v) is 2.80. The van der Waals surface area contributed by atoms with Crippen LogP contribution in [0.25, 0.3) is 0 Å². The smallest absolute Gasteiger partial charge is 0.176 e. The second-order valence-electron chi connectivity index (χ2n) is 3.54. The molecule has 1 atom stereocenters. The fourth-order valence-electron chi connectivity index (χ4n) is 1.21. The normalized spacial score (nSPS) is 12.6. The van der Waals surface area contributed by atoms with Gasteiger partial charge < -0.3 is 5.11 Å². The number of hydrogen-bond acceptors (Lipinski definition) is 6. The van der Waals surface area contributed by atoms with Crippen molar-refractivity contribution in [1.82, 2.24) is 14.3 Å². The first kappa shape index (κ1) is 12.5. The number of aryl methyl sites for hydroxylation is 1. The van der Waals surface area contributed by atoms with Gasteiger partial charge in [-0.25, -0.2) is 9.97 Å². The number of aliphatic hydroxyl groups excluding tert-OH is 1. The van der Waals surface area contributed by atoms with Gasteiger partial charge in [-0.15, -0.1) is 0 Å². The van der Waals surface area contributed by atoms with Gasteiger partial charge in [0.05, 0.1) is 6.10 Å². The number of pyridine rings is 1. The minimum atomic E-state index is -0.477. The van der Waals surface area contributed by atoms with E-state index in [-0.39, 0.29) is 0 Å². The lowest BCUT2D eigenvalue weighted by Gasteiger charge is -2.03. The van der Waals surface area contributed by atoms with Crippen LogP contribution in [0.3, 0.4) is 0 Å². The highest BCUT2D eigenvalue weighted by molar-refractivity contribution is 8.00. The first-order valence-electron chi connectivity index (χ1n) is 5.33. The Morgan fingerprint density at radius 1 is 1.47 bits per heavy atom. The first-order valence-corrected chi connectivity index (χ1v) is 6.92. The van der Waals surface area contributed by atoms with E-state index in [1.165, 1.54) is 23.3 Å². The molecule has 0 aliphatic carbocycles. The minimum absolute atomic E-state index is 0.477. The highest BCUT2D eigenvalue weighted by atomic mass is 32.2. The molecular formula is C11H13N3OS2. The Kier molecular flexibility index (Phi) is 4.09. The van der Waals surface area contributed by atoms with Crippen LogP contribution in [-0.2, 0) is 6.42 Å². The van der Waals surface area contributed by atoms with Crippen molar-refractivity contribution in [1.29, 1.82) is 0 Å². The molecule has 0 aromatic carbocycles. The summed E-state index contributed by atoms with van der Waals surface area (Å²) in [4.78, 5) is 8.63. The predicted molar refractivity (Wildman–Crippen MR) is 68.3 cm³/mol. The van der Waals surface area contributed by atoms with Crippen LogP contribution in [0.4, 0.5) is 0 Å². The van der Waals surface area contributed by atoms with Gasteiger partial charge in [0.2, 0.25) is 0 Å². The van der Waals surface area contributed by atoms with Crippen molar-refractivity contribution in [3.05, 3.63) is 29.7 Å².